The molecule has 0 aromatic heterocycles. The van der Waals surface area contributed by atoms with Gasteiger partial charge in [-0.25, -0.2) is 0 Å². The van der Waals surface area contributed by atoms with Crippen molar-refractivity contribution in [3.05, 3.63) is 267 Å². The molecular formula is C60H44BN3S. The number of anilines is 9. The van der Waals surface area contributed by atoms with E-state index in [4.69, 9.17) is 0 Å². The van der Waals surface area contributed by atoms with Crippen LogP contribution in [0.5, 0.6) is 0 Å². The zero-order chi connectivity index (χ0) is 43.2. The second-order valence-corrected chi connectivity index (χ2v) is 19.6. The molecule has 0 aliphatic carbocycles. The van der Waals surface area contributed by atoms with Crippen molar-refractivity contribution in [3.63, 3.8) is 0 Å². The van der Waals surface area contributed by atoms with E-state index in [1.807, 2.05) is 0 Å². The molecule has 0 radical (unpaired) electrons. The zero-order valence-corrected chi connectivity index (χ0v) is 36.5. The monoisotopic (exact) mass is 849 g/mol. The topological polar surface area (TPSA) is 9.72 Å². The van der Waals surface area contributed by atoms with E-state index >= 15 is 0 Å². The molecule has 10 aromatic carbocycles. The molecule has 2 aliphatic heterocycles. The molecule has 2 aliphatic rings. The van der Waals surface area contributed by atoms with Crippen LogP contribution in [0, 0.1) is 0 Å². The molecule has 0 saturated carbocycles. The first kappa shape index (κ1) is 38.7. The minimum absolute atomic E-state index is 0.0364. The number of rotatable bonds is 9. The van der Waals surface area contributed by atoms with Crippen LogP contribution in [0.3, 0.4) is 0 Å². The molecule has 12 rings (SSSR count). The molecule has 308 valence electrons. The lowest BCUT2D eigenvalue weighted by molar-refractivity contribution is 1.19. The van der Waals surface area contributed by atoms with Crippen LogP contribution in [0.15, 0.2) is 287 Å². The summed E-state index contributed by atoms with van der Waals surface area (Å²) in [6.07, 6.45) is 0. The molecule has 2 heterocycles. The Bertz CT molecular complexity index is 3130. The number of benzene rings is 10. The van der Waals surface area contributed by atoms with E-state index in [9.17, 15) is 0 Å². The van der Waals surface area contributed by atoms with Gasteiger partial charge in [0, 0.05) is 70.8 Å². The van der Waals surface area contributed by atoms with Gasteiger partial charge in [0.25, 0.3) is 6.71 Å². The van der Waals surface area contributed by atoms with Crippen molar-refractivity contribution in [3.8, 4) is 0 Å². The van der Waals surface area contributed by atoms with Crippen molar-refractivity contribution in [2.45, 2.75) is 19.6 Å². The lowest BCUT2D eigenvalue weighted by Gasteiger charge is -2.47. The van der Waals surface area contributed by atoms with Crippen LogP contribution in [-0.4, -0.2) is 6.71 Å². The van der Waals surface area contributed by atoms with Gasteiger partial charge in [-0.2, -0.15) is 0 Å². The predicted octanol–water partition coefficient (Wildman–Crippen LogP) is 14.6. The van der Waals surface area contributed by atoms with E-state index in [2.05, 4.69) is 282 Å². The summed E-state index contributed by atoms with van der Waals surface area (Å²) in [7, 11) is -2.09. The molecular weight excluding hydrogens is 806 g/mol. The molecule has 0 atom stereocenters. The summed E-state index contributed by atoms with van der Waals surface area (Å²) < 4.78 is 0. The summed E-state index contributed by atoms with van der Waals surface area (Å²) >= 11 is 0. The summed E-state index contributed by atoms with van der Waals surface area (Å²) in [6, 6.07) is 98.3. The fraction of sp³-hybridized carbons (Fsp3) is 0. The van der Waals surface area contributed by atoms with Crippen molar-refractivity contribution in [1.82, 2.24) is 0 Å². The first-order valence-electron chi connectivity index (χ1n) is 22.3. The fourth-order valence-electron chi connectivity index (χ4n) is 10.2. The van der Waals surface area contributed by atoms with E-state index in [0.717, 1.165) is 34.1 Å². The van der Waals surface area contributed by atoms with Crippen LogP contribution >= 0.6 is 10.0 Å². The first-order valence-corrected chi connectivity index (χ1v) is 23.9. The number of hydrogen-bond acceptors (Lipinski definition) is 3. The average molecular weight is 850 g/mol. The van der Waals surface area contributed by atoms with Gasteiger partial charge in [-0.1, -0.05) is 152 Å². The van der Waals surface area contributed by atoms with E-state index in [0.29, 0.717) is 0 Å². The number of nitrogens with zero attached hydrogens (tertiary/aromatic N) is 3. The highest BCUT2D eigenvalue weighted by Crippen LogP contribution is 2.74. The zero-order valence-electron chi connectivity index (χ0n) is 35.7. The molecule has 3 nitrogen and oxygen atoms in total. The molecule has 0 saturated heterocycles. The average Bonchev–Trinajstić information content (AvgIpc) is 3.38. The molecule has 0 fully saturated rings. The fourth-order valence-corrected chi connectivity index (χ4v) is 14.1. The Labute approximate surface area is 383 Å². The van der Waals surface area contributed by atoms with E-state index in [1.54, 1.807) is 0 Å². The van der Waals surface area contributed by atoms with Gasteiger partial charge in [0.1, 0.15) is 0 Å². The molecule has 0 spiro atoms. The molecule has 5 heteroatoms. The van der Waals surface area contributed by atoms with Gasteiger partial charge in [-0.15, -0.1) is 10.0 Å². The summed E-state index contributed by atoms with van der Waals surface area (Å²) in [5.41, 5.74) is 14.1. The Morgan fingerprint density at radius 1 is 0.292 bits per heavy atom. The van der Waals surface area contributed by atoms with E-state index in [-0.39, 0.29) is 6.71 Å². The standard InChI is InChI=1S/C60H44BN3S/c1-8-24-45(25-9-1)62(46-26-10-2-11-27-46)49-40-41-55-57(42-49)64(48-30-14-4-15-31-48)59-44-53(43-58-60(59)61(55)54-38-22-23-39-56(54)63(58)47-28-12-3-13-29-47)65(50-32-16-5-17-33-50,51-34-18-6-19-35-51)52-36-20-7-21-37-52/h1-44H. The lowest BCUT2D eigenvalue weighted by atomic mass is 9.33. The quantitative estimate of drug-likeness (QED) is 0.134. The van der Waals surface area contributed by atoms with Crippen molar-refractivity contribution < 1.29 is 0 Å². The van der Waals surface area contributed by atoms with Crippen LogP contribution < -0.4 is 31.1 Å². The van der Waals surface area contributed by atoms with Crippen molar-refractivity contribution in [2.24, 2.45) is 0 Å². The van der Waals surface area contributed by atoms with E-state index < -0.39 is 10.0 Å². The maximum Gasteiger partial charge on any atom is 0.252 e. The largest absolute Gasteiger partial charge is 0.311 e. The number of para-hydroxylation sites is 5. The summed E-state index contributed by atoms with van der Waals surface area (Å²) in [5, 5.41) is 0. The van der Waals surface area contributed by atoms with Gasteiger partial charge in [0.05, 0.1) is 0 Å². The van der Waals surface area contributed by atoms with Gasteiger partial charge in [0.2, 0.25) is 0 Å². The van der Waals surface area contributed by atoms with Crippen LogP contribution in [0.4, 0.5) is 51.2 Å². The van der Waals surface area contributed by atoms with Crippen molar-refractivity contribution in [2.75, 3.05) is 14.7 Å². The first-order chi connectivity index (χ1) is 32.3. The SMILES string of the molecule is c1ccc(N(c2ccccc2)c2ccc3c(c2)N(c2ccccc2)c2cc(S(c4ccccc4)(c4ccccc4)c4ccccc4)cc4c2B3c2ccccc2N4c2ccccc2)cc1. The smallest absolute Gasteiger partial charge is 0.252 e. The van der Waals surface area contributed by atoms with Crippen LogP contribution in [0.1, 0.15) is 0 Å². The number of hydrogen-bond donors (Lipinski definition) is 0. The van der Waals surface area contributed by atoms with Crippen molar-refractivity contribution >= 4 is 84.3 Å². The summed E-state index contributed by atoms with van der Waals surface area (Å²) in [5.74, 6) is 0. The van der Waals surface area contributed by atoms with Gasteiger partial charge < -0.3 is 14.7 Å². The van der Waals surface area contributed by atoms with Crippen LogP contribution in [0.25, 0.3) is 0 Å². The Morgan fingerprint density at radius 3 is 1.15 bits per heavy atom. The maximum absolute atomic E-state index is 2.56. The molecule has 0 bridgehead atoms. The molecule has 0 N–H and O–H groups in total. The highest BCUT2D eigenvalue weighted by atomic mass is 32.3. The van der Waals surface area contributed by atoms with Gasteiger partial charge in [0.15, 0.2) is 0 Å². The van der Waals surface area contributed by atoms with E-state index in [1.165, 1.54) is 53.0 Å². The van der Waals surface area contributed by atoms with Gasteiger partial charge >= 0.3 is 0 Å². The normalized spacial score (nSPS) is 12.8. The molecule has 10 aromatic rings. The molecule has 65 heavy (non-hydrogen) atoms. The highest BCUT2D eigenvalue weighted by molar-refractivity contribution is 8.34. The van der Waals surface area contributed by atoms with Gasteiger partial charge in [-0.3, -0.25) is 0 Å². The second-order valence-electron chi connectivity index (χ2n) is 16.5. The van der Waals surface area contributed by atoms with Gasteiger partial charge in [-0.05, 0) is 132 Å². The minimum Gasteiger partial charge on any atom is -0.311 e. The summed E-state index contributed by atoms with van der Waals surface area (Å²) in [4.78, 5) is 12.6. The summed E-state index contributed by atoms with van der Waals surface area (Å²) in [6.45, 7) is -0.0364. The third-order valence-electron chi connectivity index (χ3n) is 12.9. The maximum atomic E-state index is 2.56. The van der Waals surface area contributed by atoms with Crippen LogP contribution in [0.2, 0.25) is 0 Å². The predicted molar refractivity (Wildman–Crippen MR) is 275 cm³/mol. The molecule has 0 amide bonds. The highest BCUT2D eigenvalue weighted by Gasteiger charge is 2.45. The minimum atomic E-state index is -2.09. The van der Waals surface area contributed by atoms with Crippen molar-refractivity contribution in [1.29, 1.82) is 0 Å². The third kappa shape index (κ3) is 6.38. The Morgan fingerprint density at radius 2 is 0.677 bits per heavy atom. The van der Waals surface area contributed by atoms with Crippen LogP contribution in [-0.2, 0) is 0 Å². The third-order valence-corrected chi connectivity index (χ3v) is 16.8. The Kier molecular flexibility index (Phi) is 9.69. The second kappa shape index (κ2) is 16.3. The number of fused-ring (bicyclic) bond motifs is 4. The molecule has 0 unspecified atom stereocenters. The Hall–Kier alpha value is -7.99. The Balaban J connectivity index is 1.22. The lowest BCUT2D eigenvalue weighted by Crippen LogP contribution is -2.61.